The number of para-hydroxylation sites is 1. The minimum absolute atomic E-state index is 0.0192. The van der Waals surface area contributed by atoms with Crippen LogP contribution >= 0.6 is 11.8 Å². The molecular formula is C54H49B2FN2S. The summed E-state index contributed by atoms with van der Waals surface area (Å²) in [5.41, 5.74) is 19.8. The minimum Gasteiger partial charge on any atom is -0.312 e. The molecule has 4 aliphatic rings. The van der Waals surface area contributed by atoms with Crippen LogP contribution in [0.1, 0.15) is 79.0 Å². The maximum atomic E-state index is 17.3. The molecule has 0 radical (unpaired) electrons. The van der Waals surface area contributed by atoms with E-state index >= 15 is 4.39 Å². The molecule has 4 aliphatic heterocycles. The Balaban J connectivity index is 1.32. The lowest BCUT2D eigenvalue weighted by Crippen LogP contribution is -2.68. The summed E-state index contributed by atoms with van der Waals surface area (Å²) in [6.45, 7) is 20.7. The summed E-state index contributed by atoms with van der Waals surface area (Å²) in [4.78, 5) is 7.39. The van der Waals surface area contributed by atoms with Crippen molar-refractivity contribution in [2.24, 2.45) is 0 Å². The number of rotatable bonds is 2. The van der Waals surface area contributed by atoms with Gasteiger partial charge in [-0.15, -0.1) is 0 Å². The number of fused-ring (bicyclic) bond motifs is 10. The average molecular weight is 799 g/mol. The Morgan fingerprint density at radius 1 is 0.433 bits per heavy atom. The Bertz CT molecular complexity index is 2950. The number of halogens is 1. The van der Waals surface area contributed by atoms with Gasteiger partial charge >= 0.3 is 0 Å². The molecular weight excluding hydrogens is 749 g/mol. The normalized spacial score (nSPS) is 14.6. The molecule has 294 valence electrons. The molecule has 4 heterocycles. The van der Waals surface area contributed by atoms with E-state index in [2.05, 4.69) is 175 Å². The van der Waals surface area contributed by atoms with Gasteiger partial charge in [0.1, 0.15) is 5.82 Å². The Labute approximate surface area is 360 Å². The van der Waals surface area contributed by atoms with Gasteiger partial charge in [-0.2, -0.15) is 0 Å². The third-order valence-electron chi connectivity index (χ3n) is 13.4. The van der Waals surface area contributed by atoms with Crippen LogP contribution in [0.15, 0.2) is 143 Å². The van der Waals surface area contributed by atoms with E-state index in [-0.39, 0.29) is 35.5 Å². The molecule has 60 heavy (non-hydrogen) atoms. The molecule has 0 atom stereocenters. The van der Waals surface area contributed by atoms with Gasteiger partial charge in [0.15, 0.2) is 0 Å². The molecule has 11 rings (SSSR count). The number of hydrogen-bond acceptors (Lipinski definition) is 3. The van der Waals surface area contributed by atoms with Gasteiger partial charge in [0.05, 0.1) is 5.69 Å². The number of hydrogen-bond donors (Lipinski definition) is 0. The van der Waals surface area contributed by atoms with E-state index in [1.165, 1.54) is 76.3 Å². The summed E-state index contributed by atoms with van der Waals surface area (Å²) < 4.78 is 17.3. The van der Waals surface area contributed by atoms with Crippen molar-refractivity contribution in [2.45, 2.75) is 88.3 Å². The van der Waals surface area contributed by atoms with Gasteiger partial charge in [-0.05, 0) is 102 Å². The summed E-state index contributed by atoms with van der Waals surface area (Å²) in [5.74, 6) is -0.238. The molecule has 7 aromatic carbocycles. The number of nitrogens with zero attached hydrogens (tertiary/aromatic N) is 2. The standard InChI is InChI=1S/C54H49B2FN2S/c1-52(2,3)33-22-25-42-38(28-33)55-37-19-13-14-21-46(37)60-47-31-45-48-51(49(47)55)58(42)43-26-23-34(53(4,5)6)29-39(43)56(48)40-30-35(54(7,8)9)24-27-44(40)59(45)50-36(18-15-20-41(50)57)32-16-11-10-12-17-32/h10-31H,1-9H3. The fourth-order valence-corrected chi connectivity index (χ4v) is 11.5. The van der Waals surface area contributed by atoms with E-state index in [0.717, 1.165) is 22.5 Å². The average Bonchev–Trinajstić information content (AvgIpc) is 3.22. The molecule has 0 amide bonds. The summed E-state index contributed by atoms with van der Waals surface area (Å²) in [5, 5.41) is 0. The van der Waals surface area contributed by atoms with Crippen LogP contribution in [0.3, 0.4) is 0 Å². The molecule has 0 spiro atoms. The molecule has 0 fully saturated rings. The van der Waals surface area contributed by atoms with Gasteiger partial charge in [0.2, 0.25) is 6.71 Å². The monoisotopic (exact) mass is 798 g/mol. The lowest BCUT2D eigenvalue weighted by atomic mass is 9.29. The maximum absolute atomic E-state index is 17.3. The highest BCUT2D eigenvalue weighted by Gasteiger charge is 2.51. The largest absolute Gasteiger partial charge is 0.312 e. The Hall–Kier alpha value is -5.45. The van der Waals surface area contributed by atoms with Crippen LogP contribution in [0, 0.1) is 5.82 Å². The minimum atomic E-state index is -0.238. The maximum Gasteiger partial charge on any atom is 0.252 e. The van der Waals surface area contributed by atoms with Crippen molar-refractivity contribution in [3.8, 4) is 11.1 Å². The van der Waals surface area contributed by atoms with Gasteiger partial charge in [-0.1, -0.05) is 177 Å². The fraction of sp³-hybridized carbons (Fsp3) is 0.222. The van der Waals surface area contributed by atoms with Crippen LogP contribution in [0.2, 0.25) is 0 Å². The van der Waals surface area contributed by atoms with E-state index in [1.54, 1.807) is 6.07 Å². The molecule has 2 nitrogen and oxygen atoms in total. The van der Waals surface area contributed by atoms with Crippen molar-refractivity contribution in [3.05, 3.63) is 156 Å². The molecule has 0 N–H and O–H groups in total. The lowest BCUT2D eigenvalue weighted by Gasteiger charge is -2.50. The Morgan fingerprint density at radius 3 is 1.48 bits per heavy atom. The van der Waals surface area contributed by atoms with Crippen LogP contribution in [-0.2, 0) is 16.2 Å². The third kappa shape index (κ3) is 5.42. The summed E-state index contributed by atoms with van der Waals surface area (Å²) >= 11 is 1.86. The topological polar surface area (TPSA) is 6.48 Å². The predicted molar refractivity (Wildman–Crippen MR) is 257 cm³/mol. The van der Waals surface area contributed by atoms with Gasteiger partial charge in [0, 0.05) is 43.8 Å². The molecule has 0 aliphatic carbocycles. The first-order valence-electron chi connectivity index (χ1n) is 21.4. The molecule has 0 saturated carbocycles. The van der Waals surface area contributed by atoms with Gasteiger partial charge < -0.3 is 9.80 Å². The fourth-order valence-electron chi connectivity index (χ4n) is 10.3. The van der Waals surface area contributed by atoms with Crippen molar-refractivity contribution < 1.29 is 4.39 Å². The second-order valence-corrected chi connectivity index (χ2v) is 21.4. The van der Waals surface area contributed by atoms with Crippen LogP contribution in [0.5, 0.6) is 0 Å². The van der Waals surface area contributed by atoms with Crippen LogP contribution in [0.25, 0.3) is 11.1 Å². The van der Waals surface area contributed by atoms with E-state index < -0.39 is 0 Å². The Morgan fingerprint density at radius 2 is 0.933 bits per heavy atom. The van der Waals surface area contributed by atoms with Gasteiger partial charge in [-0.25, -0.2) is 4.39 Å². The van der Waals surface area contributed by atoms with E-state index in [1.807, 2.05) is 36.0 Å². The number of anilines is 6. The number of benzene rings is 7. The lowest BCUT2D eigenvalue weighted by molar-refractivity contribution is 0.590. The second-order valence-electron chi connectivity index (χ2n) is 20.3. The SMILES string of the molecule is CC(C)(C)c1ccc2c(c1)B1c3cc(C(C)(C)C)ccc3N3c4ccc(C(C)(C)C)cc4B4c5ccccc5Sc5cc(c1c3c54)N2c1c(F)cccc1-c1ccccc1. The molecule has 0 unspecified atom stereocenters. The van der Waals surface area contributed by atoms with Crippen LogP contribution < -0.4 is 42.6 Å². The molecule has 0 bridgehead atoms. The smallest absolute Gasteiger partial charge is 0.252 e. The first-order valence-corrected chi connectivity index (χ1v) is 22.3. The summed E-state index contributed by atoms with van der Waals surface area (Å²) in [6, 6.07) is 48.8. The van der Waals surface area contributed by atoms with Crippen molar-refractivity contribution >= 4 is 92.1 Å². The first kappa shape index (κ1) is 37.5. The predicted octanol–water partition coefficient (Wildman–Crippen LogP) is 10.8. The zero-order valence-electron chi connectivity index (χ0n) is 36.0. The summed E-state index contributed by atoms with van der Waals surface area (Å²) in [6.07, 6.45) is 0. The Kier molecular flexibility index (Phi) is 8.00. The van der Waals surface area contributed by atoms with Crippen LogP contribution in [0.4, 0.5) is 38.5 Å². The second kappa shape index (κ2) is 12.8. The third-order valence-corrected chi connectivity index (χ3v) is 14.6. The molecule has 0 aromatic heterocycles. The quantitative estimate of drug-likeness (QED) is 0.161. The molecule has 6 heteroatoms. The van der Waals surface area contributed by atoms with Gasteiger partial charge in [0.25, 0.3) is 6.71 Å². The van der Waals surface area contributed by atoms with E-state index in [9.17, 15) is 0 Å². The highest BCUT2D eigenvalue weighted by atomic mass is 32.2. The van der Waals surface area contributed by atoms with Crippen molar-refractivity contribution in [3.63, 3.8) is 0 Å². The molecule has 0 saturated heterocycles. The molecule has 7 aromatic rings. The van der Waals surface area contributed by atoms with Crippen molar-refractivity contribution in [1.82, 2.24) is 0 Å². The zero-order chi connectivity index (χ0) is 41.6. The van der Waals surface area contributed by atoms with Gasteiger partial charge in [-0.3, -0.25) is 0 Å². The van der Waals surface area contributed by atoms with E-state index in [4.69, 9.17) is 0 Å². The van der Waals surface area contributed by atoms with Crippen LogP contribution in [-0.4, -0.2) is 13.4 Å². The van der Waals surface area contributed by atoms with Crippen molar-refractivity contribution in [2.75, 3.05) is 9.80 Å². The van der Waals surface area contributed by atoms with Crippen molar-refractivity contribution in [1.29, 1.82) is 0 Å². The van der Waals surface area contributed by atoms with E-state index in [0.29, 0.717) is 5.69 Å². The summed E-state index contributed by atoms with van der Waals surface area (Å²) in [7, 11) is 0. The highest BCUT2D eigenvalue weighted by Crippen LogP contribution is 2.51. The highest BCUT2D eigenvalue weighted by molar-refractivity contribution is 8.00. The first-order chi connectivity index (χ1) is 28.6. The zero-order valence-corrected chi connectivity index (χ0v) is 36.9.